The maximum atomic E-state index is 11.7. The number of aliphatic imine (C=N–C) groups is 1. The molecule has 0 aliphatic heterocycles. The summed E-state index contributed by atoms with van der Waals surface area (Å²) in [6, 6.07) is 13.4. The first-order valence-corrected chi connectivity index (χ1v) is 9.57. The van der Waals surface area contributed by atoms with Gasteiger partial charge >= 0.3 is 0 Å². The molecular formula is C22H31IN4O3. The van der Waals surface area contributed by atoms with E-state index in [0.717, 1.165) is 23.2 Å². The first-order chi connectivity index (χ1) is 13.9. The first-order valence-electron chi connectivity index (χ1n) is 9.57. The van der Waals surface area contributed by atoms with Crippen molar-refractivity contribution in [2.45, 2.75) is 26.8 Å². The Bertz CT molecular complexity index is 839. The van der Waals surface area contributed by atoms with Crippen LogP contribution in [0.2, 0.25) is 0 Å². The normalized spacial score (nSPS) is 10.9. The highest BCUT2D eigenvalue weighted by Gasteiger charge is 2.07. The minimum atomic E-state index is -0.0517. The molecule has 0 bridgehead atoms. The summed E-state index contributed by atoms with van der Waals surface area (Å²) in [5.74, 6) is 1.75. The van der Waals surface area contributed by atoms with E-state index in [0.29, 0.717) is 30.5 Å². The van der Waals surface area contributed by atoms with E-state index >= 15 is 0 Å². The Kier molecular flexibility index (Phi) is 11.0. The number of rotatable bonds is 9. The lowest BCUT2D eigenvalue weighted by Crippen LogP contribution is -2.33. The topological polar surface area (TPSA) is 98.0 Å². The minimum absolute atomic E-state index is 0. The van der Waals surface area contributed by atoms with Gasteiger partial charge in [-0.3, -0.25) is 4.79 Å². The highest BCUT2D eigenvalue weighted by molar-refractivity contribution is 14.0. The zero-order valence-corrected chi connectivity index (χ0v) is 20.2. The number of hydrogen-bond donors (Lipinski definition) is 3. The van der Waals surface area contributed by atoms with Crippen molar-refractivity contribution in [3.8, 4) is 11.5 Å². The van der Waals surface area contributed by atoms with E-state index in [1.54, 1.807) is 14.2 Å². The summed E-state index contributed by atoms with van der Waals surface area (Å²) in [6.07, 6.45) is 0.779. The summed E-state index contributed by atoms with van der Waals surface area (Å²) in [4.78, 5) is 16.1. The molecule has 30 heavy (non-hydrogen) atoms. The summed E-state index contributed by atoms with van der Waals surface area (Å²) < 4.78 is 10.6. The van der Waals surface area contributed by atoms with Gasteiger partial charge in [-0.2, -0.15) is 0 Å². The lowest BCUT2D eigenvalue weighted by atomic mass is 10.1. The van der Waals surface area contributed by atoms with Crippen LogP contribution in [0.3, 0.4) is 0 Å². The Morgan fingerprint density at radius 1 is 1.03 bits per heavy atom. The van der Waals surface area contributed by atoms with Gasteiger partial charge in [0.15, 0.2) is 17.5 Å². The fourth-order valence-corrected chi connectivity index (χ4v) is 2.58. The van der Waals surface area contributed by atoms with E-state index in [4.69, 9.17) is 15.2 Å². The van der Waals surface area contributed by atoms with Crippen molar-refractivity contribution >= 4 is 41.5 Å². The van der Waals surface area contributed by atoms with Gasteiger partial charge in [-0.15, -0.1) is 24.0 Å². The third-order valence-electron chi connectivity index (χ3n) is 4.35. The molecule has 0 aliphatic carbocycles. The lowest BCUT2D eigenvalue weighted by Gasteiger charge is -2.10. The molecule has 2 aromatic rings. The Labute approximate surface area is 195 Å². The van der Waals surface area contributed by atoms with Gasteiger partial charge in [0.2, 0.25) is 5.91 Å². The lowest BCUT2D eigenvalue weighted by molar-refractivity contribution is -0.118. The molecule has 0 radical (unpaired) electrons. The highest BCUT2D eigenvalue weighted by atomic mass is 127. The van der Waals surface area contributed by atoms with E-state index < -0.39 is 0 Å². The molecule has 1 amide bonds. The third-order valence-corrected chi connectivity index (χ3v) is 4.35. The molecule has 4 N–H and O–H groups in total. The van der Waals surface area contributed by atoms with Crippen LogP contribution in [0.1, 0.15) is 25.0 Å². The van der Waals surface area contributed by atoms with Crippen LogP contribution in [-0.4, -0.2) is 32.6 Å². The monoisotopic (exact) mass is 526 g/mol. The van der Waals surface area contributed by atoms with Crippen molar-refractivity contribution in [1.29, 1.82) is 0 Å². The van der Waals surface area contributed by atoms with E-state index in [9.17, 15) is 4.79 Å². The van der Waals surface area contributed by atoms with Crippen LogP contribution in [0.25, 0.3) is 0 Å². The average Bonchev–Trinajstić information content (AvgIpc) is 2.73. The van der Waals surface area contributed by atoms with Crippen molar-refractivity contribution in [2.24, 2.45) is 16.6 Å². The number of guanidine groups is 1. The van der Waals surface area contributed by atoms with Crippen molar-refractivity contribution in [1.82, 2.24) is 5.32 Å². The summed E-state index contributed by atoms with van der Waals surface area (Å²) >= 11 is 0. The molecule has 0 atom stereocenters. The van der Waals surface area contributed by atoms with Gasteiger partial charge in [-0.25, -0.2) is 4.99 Å². The Balaban J connectivity index is 0.00000450. The number of carbonyl (C=O) groups excluding carboxylic acids is 1. The number of amides is 1. The van der Waals surface area contributed by atoms with Gasteiger partial charge in [-0.05, 0) is 41.8 Å². The molecule has 7 nitrogen and oxygen atoms in total. The zero-order valence-electron chi connectivity index (χ0n) is 17.9. The van der Waals surface area contributed by atoms with Crippen molar-refractivity contribution in [2.75, 3.05) is 26.1 Å². The second kappa shape index (κ2) is 12.9. The van der Waals surface area contributed by atoms with Crippen molar-refractivity contribution < 1.29 is 14.3 Å². The maximum Gasteiger partial charge on any atom is 0.226 e. The molecule has 2 rings (SSSR count). The largest absolute Gasteiger partial charge is 0.493 e. The minimum Gasteiger partial charge on any atom is -0.493 e. The average molecular weight is 526 g/mol. The van der Waals surface area contributed by atoms with E-state index in [-0.39, 0.29) is 35.8 Å². The SMILES string of the molecule is COc1ccc(CCNC(N)=NCc2ccc(NC(=O)C(C)C)cc2)cc1OC.I. The van der Waals surface area contributed by atoms with Crippen LogP contribution < -0.4 is 25.8 Å². The molecular weight excluding hydrogens is 495 g/mol. The molecule has 0 saturated carbocycles. The van der Waals surface area contributed by atoms with Crippen molar-refractivity contribution in [3.63, 3.8) is 0 Å². The number of nitrogens with zero attached hydrogens (tertiary/aromatic N) is 1. The van der Waals surface area contributed by atoms with Gasteiger partial charge < -0.3 is 25.8 Å². The number of halogens is 1. The predicted molar refractivity (Wildman–Crippen MR) is 132 cm³/mol. The summed E-state index contributed by atoms with van der Waals surface area (Å²) in [7, 11) is 3.24. The van der Waals surface area contributed by atoms with Gasteiger partial charge in [-0.1, -0.05) is 32.0 Å². The standard InChI is InChI=1S/C22H30N4O3.HI/c1-15(2)21(27)26-18-8-5-17(6-9-18)14-25-22(23)24-12-11-16-7-10-19(28-3)20(13-16)29-4;/h5-10,13,15H,11-12,14H2,1-4H3,(H,26,27)(H3,23,24,25);1H. The molecule has 0 spiro atoms. The van der Waals surface area contributed by atoms with Crippen LogP contribution in [0.4, 0.5) is 5.69 Å². The fourth-order valence-electron chi connectivity index (χ4n) is 2.58. The van der Waals surface area contributed by atoms with Gasteiger partial charge in [0.05, 0.1) is 20.8 Å². The summed E-state index contributed by atoms with van der Waals surface area (Å²) in [5, 5.41) is 5.98. The molecule has 0 aromatic heterocycles. The molecule has 8 heteroatoms. The number of carbonyl (C=O) groups is 1. The summed E-state index contributed by atoms with van der Waals surface area (Å²) in [5.41, 5.74) is 8.85. The molecule has 0 fully saturated rings. The Morgan fingerprint density at radius 2 is 1.67 bits per heavy atom. The number of anilines is 1. The van der Waals surface area contributed by atoms with Crippen LogP contribution in [0.5, 0.6) is 11.5 Å². The van der Waals surface area contributed by atoms with Gasteiger partial charge in [0.1, 0.15) is 0 Å². The molecule has 2 aromatic carbocycles. The third kappa shape index (κ3) is 8.10. The molecule has 164 valence electrons. The van der Waals surface area contributed by atoms with E-state index in [1.165, 1.54) is 0 Å². The number of ether oxygens (including phenoxy) is 2. The number of methoxy groups -OCH3 is 2. The van der Waals surface area contributed by atoms with Crippen LogP contribution in [0.15, 0.2) is 47.5 Å². The van der Waals surface area contributed by atoms with Crippen LogP contribution in [-0.2, 0) is 17.8 Å². The smallest absolute Gasteiger partial charge is 0.226 e. The first kappa shape index (κ1) is 25.5. The van der Waals surface area contributed by atoms with E-state index in [1.807, 2.05) is 56.3 Å². The van der Waals surface area contributed by atoms with Gasteiger partial charge in [0, 0.05) is 18.2 Å². The Hall–Kier alpha value is -2.49. The number of nitrogens with one attached hydrogen (secondary N) is 2. The fraction of sp³-hybridized carbons (Fsp3) is 0.364. The van der Waals surface area contributed by atoms with Gasteiger partial charge in [0.25, 0.3) is 0 Å². The molecule has 0 saturated heterocycles. The summed E-state index contributed by atoms with van der Waals surface area (Å²) in [6.45, 7) is 4.84. The predicted octanol–water partition coefficient (Wildman–Crippen LogP) is 3.56. The second-order valence-corrected chi connectivity index (χ2v) is 6.91. The van der Waals surface area contributed by atoms with Crippen molar-refractivity contribution in [3.05, 3.63) is 53.6 Å². The van der Waals surface area contributed by atoms with E-state index in [2.05, 4.69) is 15.6 Å². The Morgan fingerprint density at radius 3 is 2.27 bits per heavy atom. The maximum absolute atomic E-state index is 11.7. The molecule has 0 unspecified atom stereocenters. The highest BCUT2D eigenvalue weighted by Crippen LogP contribution is 2.27. The number of nitrogens with two attached hydrogens (primary N) is 1. The van der Waals surface area contributed by atoms with Crippen LogP contribution in [0, 0.1) is 5.92 Å². The zero-order chi connectivity index (χ0) is 21.2. The second-order valence-electron chi connectivity index (χ2n) is 6.91. The molecule has 0 aliphatic rings. The quantitative estimate of drug-likeness (QED) is 0.264. The molecule has 0 heterocycles. The number of hydrogen-bond acceptors (Lipinski definition) is 4. The number of benzene rings is 2. The van der Waals surface area contributed by atoms with Crippen LogP contribution >= 0.6 is 24.0 Å².